The van der Waals surface area contributed by atoms with Gasteiger partial charge in [-0.2, -0.15) is 0 Å². The van der Waals surface area contributed by atoms with Crippen LogP contribution in [0.1, 0.15) is 39.3 Å². The number of imidazole rings is 1. The van der Waals surface area contributed by atoms with E-state index in [0.29, 0.717) is 0 Å². The Hall–Kier alpha value is -1.49. The number of carboxylic acid groups (broad SMARTS) is 1. The lowest BCUT2D eigenvalue weighted by molar-refractivity contribution is -0.133. The number of thioether (sulfide) groups is 1. The van der Waals surface area contributed by atoms with Crippen molar-refractivity contribution < 1.29 is 9.90 Å². The lowest BCUT2D eigenvalue weighted by Crippen LogP contribution is -2.22. The van der Waals surface area contributed by atoms with Gasteiger partial charge in [0, 0.05) is 6.04 Å². The van der Waals surface area contributed by atoms with Crippen LogP contribution >= 0.6 is 11.8 Å². The van der Waals surface area contributed by atoms with Crippen LogP contribution in [0.25, 0.3) is 11.0 Å². The first kappa shape index (κ1) is 15.9. The topological polar surface area (TPSA) is 55.1 Å². The molecular formula is C16H22N2O2S. The van der Waals surface area contributed by atoms with Gasteiger partial charge in [-0.3, -0.25) is 4.79 Å². The molecule has 114 valence electrons. The van der Waals surface area contributed by atoms with Crippen molar-refractivity contribution in [2.45, 2.75) is 45.8 Å². The fraction of sp³-hybridized carbons (Fsp3) is 0.500. The molecule has 0 bridgehead atoms. The van der Waals surface area contributed by atoms with Gasteiger partial charge in [-0.15, -0.1) is 0 Å². The second-order valence-electron chi connectivity index (χ2n) is 6.43. The molecule has 1 unspecified atom stereocenters. The van der Waals surface area contributed by atoms with Crippen LogP contribution in [0.15, 0.2) is 23.4 Å². The standard InChI is InChI=1S/C16H22N2O2S/c1-10-7-6-8-12-14(10)18(11(2)16(3,4)5)15(17-12)21-9-13(19)20/h6-8,11H,9H2,1-5H3,(H,19,20). The molecule has 0 spiro atoms. The third-order valence-electron chi connectivity index (χ3n) is 3.84. The maximum atomic E-state index is 10.9. The molecule has 1 atom stereocenters. The second kappa shape index (κ2) is 5.72. The van der Waals surface area contributed by atoms with Crippen LogP contribution in [0.4, 0.5) is 0 Å². The molecule has 1 aromatic carbocycles. The summed E-state index contributed by atoms with van der Waals surface area (Å²) in [4.78, 5) is 15.5. The highest BCUT2D eigenvalue weighted by Crippen LogP contribution is 2.37. The molecule has 0 radical (unpaired) electrons. The van der Waals surface area contributed by atoms with Gasteiger partial charge in [-0.25, -0.2) is 4.98 Å². The minimum absolute atomic E-state index is 0.0270. The second-order valence-corrected chi connectivity index (χ2v) is 7.37. The molecule has 4 nitrogen and oxygen atoms in total. The van der Waals surface area contributed by atoms with E-state index >= 15 is 0 Å². The minimum atomic E-state index is -0.821. The number of hydrogen-bond donors (Lipinski definition) is 1. The van der Waals surface area contributed by atoms with E-state index in [2.05, 4.69) is 50.2 Å². The molecule has 1 N–H and O–H groups in total. The summed E-state index contributed by atoms with van der Waals surface area (Å²) in [5.74, 6) is -0.794. The number of hydrogen-bond acceptors (Lipinski definition) is 3. The summed E-state index contributed by atoms with van der Waals surface area (Å²) in [7, 11) is 0. The van der Waals surface area contributed by atoms with Crippen molar-refractivity contribution in [3.05, 3.63) is 23.8 Å². The van der Waals surface area contributed by atoms with E-state index in [1.54, 1.807) is 0 Å². The van der Waals surface area contributed by atoms with Crippen molar-refractivity contribution in [3.63, 3.8) is 0 Å². The highest BCUT2D eigenvalue weighted by atomic mass is 32.2. The van der Waals surface area contributed by atoms with Crippen LogP contribution in [0.3, 0.4) is 0 Å². The predicted molar refractivity (Wildman–Crippen MR) is 87.0 cm³/mol. The summed E-state index contributed by atoms with van der Waals surface area (Å²) >= 11 is 1.29. The normalized spacial score (nSPS) is 13.6. The Balaban J connectivity index is 2.61. The van der Waals surface area contributed by atoms with Crippen molar-refractivity contribution >= 4 is 28.8 Å². The molecule has 0 amide bonds. The van der Waals surface area contributed by atoms with Crippen LogP contribution in [-0.4, -0.2) is 26.4 Å². The summed E-state index contributed by atoms with van der Waals surface area (Å²) in [5.41, 5.74) is 3.26. The Morgan fingerprint density at radius 3 is 2.67 bits per heavy atom. The van der Waals surface area contributed by atoms with Crippen LogP contribution in [-0.2, 0) is 4.79 Å². The van der Waals surface area contributed by atoms with Crippen LogP contribution < -0.4 is 0 Å². The lowest BCUT2D eigenvalue weighted by atomic mass is 9.88. The number of aliphatic carboxylic acids is 1. The Bertz CT molecular complexity index is 671. The maximum absolute atomic E-state index is 10.9. The molecule has 0 aliphatic rings. The van der Waals surface area contributed by atoms with Crippen molar-refractivity contribution in [3.8, 4) is 0 Å². The molecule has 2 aromatic rings. The fourth-order valence-electron chi connectivity index (χ4n) is 2.27. The van der Waals surface area contributed by atoms with E-state index in [1.165, 1.54) is 17.3 Å². The number of carboxylic acids is 1. The van der Waals surface area contributed by atoms with E-state index in [1.807, 2.05) is 12.1 Å². The van der Waals surface area contributed by atoms with E-state index in [4.69, 9.17) is 5.11 Å². The van der Waals surface area contributed by atoms with E-state index in [9.17, 15) is 4.79 Å². The molecular weight excluding hydrogens is 284 g/mol. The fourth-order valence-corrected chi connectivity index (χ4v) is 3.08. The number of benzene rings is 1. The zero-order valence-corrected chi connectivity index (χ0v) is 14.0. The summed E-state index contributed by atoms with van der Waals surface area (Å²) in [6.07, 6.45) is 0. The zero-order valence-electron chi connectivity index (χ0n) is 13.2. The molecule has 1 aromatic heterocycles. The first-order valence-corrected chi connectivity index (χ1v) is 8.02. The van der Waals surface area contributed by atoms with Gasteiger partial charge < -0.3 is 9.67 Å². The molecule has 0 saturated heterocycles. The van der Waals surface area contributed by atoms with Crippen LogP contribution in [0, 0.1) is 12.3 Å². The molecule has 2 rings (SSSR count). The minimum Gasteiger partial charge on any atom is -0.481 e. The van der Waals surface area contributed by atoms with Gasteiger partial charge in [0.1, 0.15) is 0 Å². The smallest absolute Gasteiger partial charge is 0.313 e. The van der Waals surface area contributed by atoms with E-state index < -0.39 is 5.97 Å². The summed E-state index contributed by atoms with van der Waals surface area (Å²) in [6, 6.07) is 6.27. The highest BCUT2D eigenvalue weighted by Gasteiger charge is 2.27. The number of aryl methyl sites for hydroxylation is 1. The number of carbonyl (C=O) groups is 1. The number of para-hydroxylation sites is 1. The van der Waals surface area contributed by atoms with Gasteiger partial charge in [-0.05, 0) is 30.9 Å². The van der Waals surface area contributed by atoms with Gasteiger partial charge in [0.15, 0.2) is 5.16 Å². The first-order chi connectivity index (χ1) is 9.71. The molecule has 1 heterocycles. The third kappa shape index (κ3) is 3.23. The first-order valence-electron chi connectivity index (χ1n) is 7.04. The molecule has 21 heavy (non-hydrogen) atoms. The molecule has 0 aliphatic carbocycles. The Labute approximate surface area is 129 Å². The molecule has 0 saturated carbocycles. The SMILES string of the molecule is Cc1cccc2nc(SCC(=O)O)n(C(C)C(C)(C)C)c12. The van der Waals surface area contributed by atoms with Crippen molar-refractivity contribution in [1.29, 1.82) is 0 Å². The number of aromatic nitrogens is 2. The monoisotopic (exact) mass is 306 g/mol. The van der Waals surface area contributed by atoms with Crippen molar-refractivity contribution in [2.75, 3.05) is 5.75 Å². The lowest BCUT2D eigenvalue weighted by Gasteiger charge is -2.30. The largest absolute Gasteiger partial charge is 0.481 e. The molecule has 0 aliphatic heterocycles. The molecule has 5 heteroatoms. The van der Waals surface area contributed by atoms with Crippen LogP contribution in [0.5, 0.6) is 0 Å². The number of fused-ring (bicyclic) bond motifs is 1. The summed E-state index contributed by atoms with van der Waals surface area (Å²) in [5, 5.41) is 9.72. The van der Waals surface area contributed by atoms with Crippen molar-refractivity contribution in [2.24, 2.45) is 5.41 Å². The van der Waals surface area contributed by atoms with E-state index in [0.717, 1.165) is 16.2 Å². The highest BCUT2D eigenvalue weighted by molar-refractivity contribution is 7.99. The van der Waals surface area contributed by atoms with Gasteiger partial charge in [0.05, 0.1) is 16.8 Å². The Morgan fingerprint density at radius 1 is 1.43 bits per heavy atom. The predicted octanol–water partition coefficient (Wildman–Crippen LogP) is 4.13. The van der Waals surface area contributed by atoms with Gasteiger partial charge in [0.25, 0.3) is 0 Å². The third-order valence-corrected chi connectivity index (χ3v) is 4.78. The summed E-state index contributed by atoms with van der Waals surface area (Å²) in [6.45, 7) is 10.8. The Morgan fingerprint density at radius 2 is 2.10 bits per heavy atom. The summed E-state index contributed by atoms with van der Waals surface area (Å²) < 4.78 is 2.19. The van der Waals surface area contributed by atoms with Crippen LogP contribution in [0.2, 0.25) is 0 Å². The number of rotatable bonds is 4. The van der Waals surface area contributed by atoms with Gasteiger partial charge in [-0.1, -0.05) is 44.7 Å². The zero-order chi connectivity index (χ0) is 15.8. The van der Waals surface area contributed by atoms with E-state index in [-0.39, 0.29) is 17.2 Å². The number of nitrogens with zero attached hydrogens (tertiary/aromatic N) is 2. The quantitative estimate of drug-likeness (QED) is 0.863. The van der Waals surface area contributed by atoms with Crippen molar-refractivity contribution in [1.82, 2.24) is 9.55 Å². The molecule has 0 fully saturated rings. The average molecular weight is 306 g/mol. The maximum Gasteiger partial charge on any atom is 0.313 e. The van der Waals surface area contributed by atoms with Gasteiger partial charge in [0.2, 0.25) is 0 Å². The van der Waals surface area contributed by atoms with Gasteiger partial charge >= 0.3 is 5.97 Å². The Kier molecular flexibility index (Phi) is 4.33. The average Bonchev–Trinajstić information content (AvgIpc) is 2.74.